The summed E-state index contributed by atoms with van der Waals surface area (Å²) in [7, 11) is -0.885. The standard InChI is InChI=1S/C30H62O10S/c1-4-5-6-7-8-9-10-11-30(2,3)41(32)29-28-40-27-26-39-25-24-38-23-22-37-21-20-36-19-18-35-17-16-34-15-14-33-13-12-31/h31H,4-29H2,1-3H3. The summed E-state index contributed by atoms with van der Waals surface area (Å²) in [6, 6.07) is 0. The van der Waals surface area contributed by atoms with E-state index in [1.165, 1.54) is 38.5 Å². The number of aliphatic hydroxyl groups is 1. The first-order valence-corrected chi connectivity index (χ1v) is 17.0. The van der Waals surface area contributed by atoms with Crippen LogP contribution in [0.15, 0.2) is 0 Å². The lowest BCUT2D eigenvalue weighted by atomic mass is 10.0. The average molecular weight is 615 g/mol. The Balaban J connectivity index is 3.28. The van der Waals surface area contributed by atoms with Gasteiger partial charge < -0.3 is 43.0 Å². The second-order valence-electron chi connectivity index (χ2n) is 10.3. The molecule has 1 atom stereocenters. The van der Waals surface area contributed by atoms with Crippen LogP contribution >= 0.6 is 0 Å². The van der Waals surface area contributed by atoms with E-state index in [0.717, 1.165) is 12.8 Å². The molecule has 0 aliphatic rings. The van der Waals surface area contributed by atoms with Gasteiger partial charge in [0.05, 0.1) is 112 Å². The highest BCUT2D eigenvalue weighted by Crippen LogP contribution is 2.22. The fraction of sp³-hybridized carbons (Fsp3) is 1.00. The smallest absolute Gasteiger partial charge is 0.0701 e. The molecule has 0 saturated heterocycles. The van der Waals surface area contributed by atoms with Crippen molar-refractivity contribution in [3.8, 4) is 0 Å². The molecule has 0 bridgehead atoms. The zero-order valence-corrected chi connectivity index (χ0v) is 27.2. The van der Waals surface area contributed by atoms with E-state index in [1.54, 1.807) is 0 Å². The van der Waals surface area contributed by atoms with Crippen LogP contribution in [0.5, 0.6) is 0 Å². The van der Waals surface area contributed by atoms with Crippen molar-refractivity contribution in [2.45, 2.75) is 76.9 Å². The lowest BCUT2D eigenvalue weighted by molar-refractivity contribution is -0.0235. The third-order valence-electron chi connectivity index (χ3n) is 6.25. The number of rotatable bonds is 35. The molecule has 0 saturated carbocycles. The topological polar surface area (TPSA) is 111 Å². The third-order valence-corrected chi connectivity index (χ3v) is 8.23. The summed E-state index contributed by atoms with van der Waals surface area (Å²) >= 11 is 0. The molecule has 0 amide bonds. The van der Waals surface area contributed by atoms with Crippen LogP contribution in [0, 0.1) is 0 Å². The van der Waals surface area contributed by atoms with Gasteiger partial charge in [-0.15, -0.1) is 0 Å². The van der Waals surface area contributed by atoms with Gasteiger partial charge >= 0.3 is 0 Å². The van der Waals surface area contributed by atoms with Crippen LogP contribution in [0.2, 0.25) is 0 Å². The highest BCUT2D eigenvalue weighted by Gasteiger charge is 2.24. The highest BCUT2D eigenvalue weighted by atomic mass is 32.2. The lowest BCUT2D eigenvalue weighted by Crippen LogP contribution is -2.30. The summed E-state index contributed by atoms with van der Waals surface area (Å²) in [5.41, 5.74) is 0. The lowest BCUT2D eigenvalue weighted by Gasteiger charge is -2.24. The van der Waals surface area contributed by atoms with Gasteiger partial charge in [-0.3, -0.25) is 4.21 Å². The Hall–Kier alpha value is -0.210. The summed E-state index contributed by atoms with van der Waals surface area (Å²) in [6.07, 6.45) is 9.98. The molecule has 0 aromatic carbocycles. The Kier molecular flexibility index (Phi) is 32.5. The zero-order valence-electron chi connectivity index (χ0n) is 26.4. The van der Waals surface area contributed by atoms with Gasteiger partial charge in [-0.25, -0.2) is 0 Å². The van der Waals surface area contributed by atoms with Crippen LogP contribution in [0.1, 0.15) is 72.1 Å². The Morgan fingerprint density at radius 1 is 0.488 bits per heavy atom. The molecule has 0 rings (SSSR count). The van der Waals surface area contributed by atoms with Gasteiger partial charge in [0, 0.05) is 21.3 Å². The highest BCUT2D eigenvalue weighted by molar-refractivity contribution is 7.86. The molecule has 41 heavy (non-hydrogen) atoms. The van der Waals surface area contributed by atoms with Crippen molar-refractivity contribution in [1.82, 2.24) is 0 Å². The van der Waals surface area contributed by atoms with Crippen molar-refractivity contribution >= 4 is 10.8 Å². The minimum Gasteiger partial charge on any atom is -0.394 e. The number of ether oxygens (including phenoxy) is 8. The molecule has 248 valence electrons. The van der Waals surface area contributed by atoms with E-state index in [4.69, 9.17) is 43.0 Å². The van der Waals surface area contributed by atoms with Crippen LogP contribution in [0.3, 0.4) is 0 Å². The van der Waals surface area contributed by atoms with E-state index in [2.05, 4.69) is 20.8 Å². The van der Waals surface area contributed by atoms with Crippen molar-refractivity contribution in [3.63, 3.8) is 0 Å². The van der Waals surface area contributed by atoms with Gasteiger partial charge in [-0.2, -0.15) is 0 Å². The summed E-state index contributed by atoms with van der Waals surface area (Å²) < 4.78 is 55.8. The first-order chi connectivity index (χ1) is 20.0. The molecule has 0 aliphatic heterocycles. The van der Waals surface area contributed by atoms with Crippen LogP contribution in [-0.4, -0.2) is 132 Å². The van der Waals surface area contributed by atoms with Gasteiger partial charge in [0.2, 0.25) is 0 Å². The molecule has 0 radical (unpaired) electrons. The maximum Gasteiger partial charge on any atom is 0.0701 e. The van der Waals surface area contributed by atoms with E-state index in [1.807, 2.05) is 0 Å². The fourth-order valence-electron chi connectivity index (χ4n) is 3.74. The van der Waals surface area contributed by atoms with Gasteiger partial charge in [0.25, 0.3) is 0 Å². The van der Waals surface area contributed by atoms with Crippen molar-refractivity contribution in [1.29, 1.82) is 0 Å². The normalized spacial score (nSPS) is 12.8. The van der Waals surface area contributed by atoms with Crippen molar-refractivity contribution in [3.05, 3.63) is 0 Å². The number of aliphatic hydroxyl groups excluding tert-OH is 1. The second-order valence-corrected chi connectivity index (χ2v) is 12.5. The Labute approximate surface area is 252 Å². The molecule has 0 aliphatic carbocycles. The monoisotopic (exact) mass is 614 g/mol. The van der Waals surface area contributed by atoms with Crippen molar-refractivity contribution < 1.29 is 47.2 Å². The Morgan fingerprint density at radius 2 is 0.805 bits per heavy atom. The van der Waals surface area contributed by atoms with Gasteiger partial charge in [-0.05, 0) is 20.3 Å². The minimum absolute atomic E-state index is 0.0277. The fourth-order valence-corrected chi connectivity index (χ4v) is 4.93. The summed E-state index contributed by atoms with van der Waals surface area (Å²) in [5.74, 6) is 0.575. The van der Waals surface area contributed by atoms with E-state index >= 15 is 0 Å². The van der Waals surface area contributed by atoms with Gasteiger partial charge in [0.1, 0.15) is 0 Å². The van der Waals surface area contributed by atoms with E-state index < -0.39 is 10.8 Å². The van der Waals surface area contributed by atoms with E-state index in [0.29, 0.717) is 111 Å². The first-order valence-electron chi connectivity index (χ1n) is 15.7. The number of hydrogen-bond donors (Lipinski definition) is 1. The van der Waals surface area contributed by atoms with Gasteiger partial charge in [-0.1, -0.05) is 51.9 Å². The molecule has 1 unspecified atom stereocenters. The molecular weight excluding hydrogens is 552 g/mol. The molecule has 1 N–H and O–H groups in total. The van der Waals surface area contributed by atoms with Crippen molar-refractivity contribution in [2.24, 2.45) is 0 Å². The van der Waals surface area contributed by atoms with E-state index in [9.17, 15) is 4.21 Å². The number of hydrogen-bond acceptors (Lipinski definition) is 10. The molecule has 10 nitrogen and oxygen atoms in total. The SMILES string of the molecule is CCCCCCCCCC(C)(C)S(=O)CCOCCOCCOCCOCCOCCOCCOCCOCCO. The van der Waals surface area contributed by atoms with Crippen LogP contribution < -0.4 is 0 Å². The second kappa shape index (κ2) is 32.7. The third kappa shape index (κ3) is 31.0. The summed E-state index contributed by atoms with van der Waals surface area (Å²) in [4.78, 5) is 0. The van der Waals surface area contributed by atoms with Crippen LogP contribution in [0.4, 0.5) is 0 Å². The number of unbranched alkanes of at least 4 members (excludes halogenated alkanes) is 6. The summed E-state index contributed by atoms with van der Waals surface area (Å²) in [5, 5.41) is 8.57. The quantitative estimate of drug-likeness (QED) is 0.106. The van der Waals surface area contributed by atoms with E-state index in [-0.39, 0.29) is 11.4 Å². The zero-order chi connectivity index (χ0) is 30.1. The maximum atomic E-state index is 12.6. The average Bonchev–Trinajstić information content (AvgIpc) is 2.96. The first kappa shape index (κ1) is 40.8. The molecular formula is C30H62O10S. The minimum atomic E-state index is -0.885. The molecule has 0 fully saturated rings. The molecule has 0 aromatic heterocycles. The molecule has 0 heterocycles. The van der Waals surface area contributed by atoms with Gasteiger partial charge in [0.15, 0.2) is 0 Å². The Morgan fingerprint density at radius 3 is 1.17 bits per heavy atom. The van der Waals surface area contributed by atoms with Crippen molar-refractivity contribution in [2.75, 3.05) is 118 Å². The maximum absolute atomic E-state index is 12.6. The molecule has 11 heteroatoms. The molecule has 0 aromatic rings. The predicted molar refractivity (Wildman–Crippen MR) is 163 cm³/mol. The van der Waals surface area contributed by atoms with Crippen LogP contribution in [0.25, 0.3) is 0 Å². The van der Waals surface area contributed by atoms with Crippen LogP contribution in [-0.2, 0) is 48.7 Å². The predicted octanol–water partition coefficient (Wildman–Crippen LogP) is 3.78. The molecule has 0 spiro atoms. The Bertz CT molecular complexity index is 539. The summed E-state index contributed by atoms with van der Waals surface area (Å²) in [6.45, 7) is 14.4. The largest absolute Gasteiger partial charge is 0.394 e.